The van der Waals surface area contributed by atoms with Crippen LogP contribution >= 0.6 is 24.0 Å². The van der Waals surface area contributed by atoms with Crippen LogP contribution < -0.4 is 15.4 Å². The van der Waals surface area contributed by atoms with Crippen molar-refractivity contribution >= 4 is 35.8 Å². The molecule has 0 bridgehead atoms. The third-order valence-electron chi connectivity index (χ3n) is 3.33. The molecule has 0 aliphatic heterocycles. The van der Waals surface area contributed by atoms with E-state index in [1.807, 2.05) is 63.1 Å². The minimum atomic E-state index is 0. The zero-order valence-corrected chi connectivity index (χ0v) is 17.9. The normalized spacial score (nSPS) is 10.8. The summed E-state index contributed by atoms with van der Waals surface area (Å²) in [7, 11) is 1.97. The Morgan fingerprint density at radius 3 is 2.52 bits per heavy atom. The molecule has 1 aromatic carbocycles. The van der Waals surface area contributed by atoms with Crippen LogP contribution in [-0.2, 0) is 4.79 Å². The largest absolute Gasteiger partial charge is 0.492 e. The van der Waals surface area contributed by atoms with Crippen molar-refractivity contribution in [2.75, 3.05) is 39.8 Å². The molecule has 6 nitrogen and oxygen atoms in total. The van der Waals surface area contributed by atoms with Gasteiger partial charge in [-0.15, -0.1) is 24.0 Å². The molecule has 2 N–H and O–H groups in total. The van der Waals surface area contributed by atoms with Crippen molar-refractivity contribution < 1.29 is 9.53 Å². The van der Waals surface area contributed by atoms with Gasteiger partial charge in [-0.1, -0.05) is 32.0 Å². The van der Waals surface area contributed by atoms with Gasteiger partial charge in [-0.05, 0) is 19.1 Å². The van der Waals surface area contributed by atoms with Crippen LogP contribution in [-0.4, -0.2) is 56.6 Å². The third-order valence-corrected chi connectivity index (χ3v) is 3.33. The fraction of sp³-hybridized carbons (Fsp3) is 0.556. The number of hydrogen-bond donors (Lipinski definition) is 2. The van der Waals surface area contributed by atoms with Crippen LogP contribution in [0.4, 0.5) is 0 Å². The number of ether oxygens (including phenoxy) is 1. The molecule has 0 radical (unpaired) electrons. The van der Waals surface area contributed by atoms with Crippen molar-refractivity contribution in [1.82, 2.24) is 15.5 Å². The molecular formula is C18H31IN4O2. The van der Waals surface area contributed by atoms with E-state index in [4.69, 9.17) is 4.74 Å². The first-order valence-electron chi connectivity index (χ1n) is 8.49. The summed E-state index contributed by atoms with van der Waals surface area (Å²) in [6, 6.07) is 9.76. The molecule has 0 atom stereocenters. The van der Waals surface area contributed by atoms with Crippen molar-refractivity contribution in [3.8, 4) is 5.75 Å². The lowest BCUT2D eigenvalue weighted by Crippen LogP contribution is -2.41. The van der Waals surface area contributed by atoms with Gasteiger partial charge in [-0.3, -0.25) is 9.79 Å². The lowest BCUT2D eigenvalue weighted by Gasteiger charge is -2.22. The second-order valence-electron chi connectivity index (χ2n) is 5.76. The predicted octanol–water partition coefficient (Wildman–Crippen LogP) is 2.35. The average Bonchev–Trinajstić information content (AvgIpc) is 2.58. The molecule has 0 aliphatic carbocycles. The van der Waals surface area contributed by atoms with E-state index in [0.717, 1.165) is 24.8 Å². The number of carbonyl (C=O) groups excluding carboxylic acids is 1. The summed E-state index contributed by atoms with van der Waals surface area (Å²) < 4.78 is 5.71. The molecule has 1 rings (SSSR count). The molecule has 0 aliphatic rings. The molecule has 142 valence electrons. The number of halogens is 1. The average molecular weight is 462 g/mol. The first-order valence-corrected chi connectivity index (χ1v) is 8.49. The summed E-state index contributed by atoms with van der Waals surface area (Å²) >= 11 is 0. The highest BCUT2D eigenvalue weighted by molar-refractivity contribution is 14.0. The highest BCUT2D eigenvalue weighted by Gasteiger charge is 2.07. The van der Waals surface area contributed by atoms with E-state index in [1.54, 1.807) is 0 Å². The van der Waals surface area contributed by atoms with Crippen LogP contribution in [0.2, 0.25) is 0 Å². The van der Waals surface area contributed by atoms with Gasteiger partial charge in [0.1, 0.15) is 12.4 Å². The van der Waals surface area contributed by atoms with E-state index >= 15 is 0 Å². The Labute approximate surface area is 168 Å². The van der Waals surface area contributed by atoms with E-state index in [-0.39, 0.29) is 35.8 Å². The van der Waals surface area contributed by atoms with Gasteiger partial charge < -0.3 is 20.3 Å². The van der Waals surface area contributed by atoms with Gasteiger partial charge in [-0.25, -0.2) is 0 Å². The molecule has 1 aromatic rings. The third kappa shape index (κ3) is 10.2. The maximum absolute atomic E-state index is 11.5. The van der Waals surface area contributed by atoms with Crippen LogP contribution in [0.15, 0.2) is 35.3 Å². The first-order chi connectivity index (χ1) is 11.5. The Kier molecular flexibility index (Phi) is 12.9. The molecule has 0 aromatic heterocycles. The Balaban J connectivity index is 0.00000576. The number of likely N-dealkylation sites (N-methyl/N-ethyl adjacent to an activating group) is 1. The van der Waals surface area contributed by atoms with E-state index in [9.17, 15) is 4.79 Å². The lowest BCUT2D eigenvalue weighted by atomic mass is 10.2. The summed E-state index contributed by atoms with van der Waals surface area (Å²) in [5.41, 5.74) is 0. The van der Waals surface area contributed by atoms with Gasteiger partial charge in [0, 0.05) is 26.1 Å². The summed E-state index contributed by atoms with van der Waals surface area (Å²) in [4.78, 5) is 18.1. The van der Waals surface area contributed by atoms with Crippen LogP contribution in [0.5, 0.6) is 5.75 Å². The zero-order chi connectivity index (χ0) is 17.8. The van der Waals surface area contributed by atoms with E-state index < -0.39 is 0 Å². The number of hydrogen-bond acceptors (Lipinski definition) is 3. The summed E-state index contributed by atoms with van der Waals surface area (Å²) in [5, 5.41) is 6.12. The minimum absolute atomic E-state index is 0. The lowest BCUT2D eigenvalue weighted by molar-refractivity contribution is -0.123. The van der Waals surface area contributed by atoms with Crippen molar-refractivity contribution in [2.24, 2.45) is 10.9 Å². The number of guanidine groups is 1. The summed E-state index contributed by atoms with van der Waals surface area (Å²) in [5.74, 6) is 1.73. The standard InChI is InChI=1S/C18H30N4O2.HI/c1-5-19-18(21-12-11-20-17(23)15(2)3)22(4)13-14-24-16-9-7-6-8-10-16;/h6-10,15H,5,11-14H2,1-4H3,(H,19,21)(H,20,23);1H. The molecule has 1 amide bonds. The van der Waals surface area contributed by atoms with Gasteiger partial charge in [0.05, 0.1) is 13.1 Å². The zero-order valence-electron chi connectivity index (χ0n) is 15.6. The molecule has 0 saturated heterocycles. The molecule has 25 heavy (non-hydrogen) atoms. The second-order valence-corrected chi connectivity index (χ2v) is 5.76. The Bertz CT molecular complexity index is 509. The number of carbonyl (C=O) groups is 1. The number of rotatable bonds is 9. The highest BCUT2D eigenvalue weighted by Crippen LogP contribution is 2.07. The number of amides is 1. The molecule has 0 saturated carbocycles. The predicted molar refractivity (Wildman–Crippen MR) is 114 cm³/mol. The van der Waals surface area contributed by atoms with Gasteiger partial charge in [0.25, 0.3) is 0 Å². The number of nitrogens with zero attached hydrogens (tertiary/aromatic N) is 2. The first kappa shape index (κ1) is 23.5. The maximum Gasteiger partial charge on any atom is 0.222 e. The Morgan fingerprint density at radius 2 is 1.92 bits per heavy atom. The fourth-order valence-electron chi connectivity index (χ4n) is 1.94. The van der Waals surface area contributed by atoms with Gasteiger partial charge in [-0.2, -0.15) is 0 Å². The minimum Gasteiger partial charge on any atom is -0.492 e. The fourth-order valence-corrected chi connectivity index (χ4v) is 1.94. The van der Waals surface area contributed by atoms with Crippen molar-refractivity contribution in [1.29, 1.82) is 0 Å². The summed E-state index contributed by atoms with van der Waals surface area (Å²) in [6.07, 6.45) is 0. The van der Waals surface area contributed by atoms with E-state index in [1.165, 1.54) is 0 Å². The molecule has 0 unspecified atom stereocenters. The number of aliphatic imine (C=N–C) groups is 1. The molecule has 7 heteroatoms. The van der Waals surface area contributed by atoms with Gasteiger partial charge >= 0.3 is 0 Å². The smallest absolute Gasteiger partial charge is 0.222 e. The molecule has 0 heterocycles. The SMILES string of the molecule is CCNC(=NCCNC(=O)C(C)C)N(C)CCOc1ccccc1.I. The Morgan fingerprint density at radius 1 is 1.24 bits per heavy atom. The molecular weight excluding hydrogens is 431 g/mol. The highest BCUT2D eigenvalue weighted by atomic mass is 127. The topological polar surface area (TPSA) is 66.0 Å². The van der Waals surface area contributed by atoms with Crippen LogP contribution in [0, 0.1) is 5.92 Å². The Hall–Kier alpha value is -1.51. The van der Waals surface area contributed by atoms with Crippen LogP contribution in [0.1, 0.15) is 20.8 Å². The quantitative estimate of drug-likeness (QED) is 0.256. The monoisotopic (exact) mass is 462 g/mol. The van der Waals surface area contributed by atoms with Crippen LogP contribution in [0.25, 0.3) is 0 Å². The molecule has 0 spiro atoms. The van der Waals surface area contributed by atoms with Crippen molar-refractivity contribution in [3.63, 3.8) is 0 Å². The van der Waals surface area contributed by atoms with Crippen molar-refractivity contribution in [2.45, 2.75) is 20.8 Å². The number of para-hydroxylation sites is 1. The van der Waals surface area contributed by atoms with E-state index in [2.05, 4.69) is 15.6 Å². The van der Waals surface area contributed by atoms with E-state index in [0.29, 0.717) is 19.7 Å². The second kappa shape index (κ2) is 13.7. The summed E-state index contributed by atoms with van der Waals surface area (Å²) in [6.45, 7) is 8.97. The van der Waals surface area contributed by atoms with Gasteiger partial charge in [0.15, 0.2) is 5.96 Å². The number of nitrogens with one attached hydrogen (secondary N) is 2. The maximum atomic E-state index is 11.5. The number of benzene rings is 1. The molecule has 0 fully saturated rings. The van der Waals surface area contributed by atoms with Gasteiger partial charge in [0.2, 0.25) is 5.91 Å². The van der Waals surface area contributed by atoms with Crippen LogP contribution in [0.3, 0.4) is 0 Å². The van der Waals surface area contributed by atoms with Crippen molar-refractivity contribution in [3.05, 3.63) is 30.3 Å².